The first-order valence-electron chi connectivity index (χ1n) is 9.74. The molecule has 0 saturated heterocycles. The van der Waals surface area contributed by atoms with Crippen LogP contribution in [0.2, 0.25) is 0 Å². The number of nitro groups is 1. The molecule has 0 aliphatic carbocycles. The van der Waals surface area contributed by atoms with Crippen molar-refractivity contribution in [3.8, 4) is 16.9 Å². The van der Waals surface area contributed by atoms with Gasteiger partial charge in [0.2, 0.25) is 0 Å². The number of nitro benzene ring substituents is 1. The third-order valence-electron chi connectivity index (χ3n) is 4.92. The molecule has 3 aromatic carbocycles. The number of imidazole rings is 1. The Bertz CT molecular complexity index is 1280. The highest BCUT2D eigenvalue weighted by atomic mass is 79.9. The Labute approximate surface area is 197 Å². The average Bonchev–Trinajstić information content (AvgIpc) is 3.22. The van der Waals surface area contributed by atoms with Crippen molar-refractivity contribution in [2.45, 2.75) is 12.1 Å². The molecule has 4 aromatic rings. The number of benzene rings is 3. The van der Waals surface area contributed by atoms with Crippen LogP contribution >= 0.6 is 27.7 Å². The number of rotatable bonds is 7. The number of ketones is 1. The van der Waals surface area contributed by atoms with Crippen LogP contribution in [-0.4, -0.2) is 26.0 Å². The zero-order valence-electron chi connectivity index (χ0n) is 17.1. The zero-order chi connectivity index (χ0) is 22.7. The van der Waals surface area contributed by atoms with E-state index in [2.05, 4.69) is 15.9 Å². The van der Waals surface area contributed by atoms with Crippen LogP contribution in [0.1, 0.15) is 15.9 Å². The predicted octanol–water partition coefficient (Wildman–Crippen LogP) is 6.49. The summed E-state index contributed by atoms with van der Waals surface area (Å²) in [5, 5.41) is 11.6. The largest absolute Gasteiger partial charge is 0.294 e. The highest BCUT2D eigenvalue weighted by Crippen LogP contribution is 2.30. The predicted molar refractivity (Wildman–Crippen MR) is 130 cm³/mol. The van der Waals surface area contributed by atoms with Crippen molar-refractivity contribution in [2.75, 3.05) is 5.75 Å². The van der Waals surface area contributed by atoms with Crippen molar-refractivity contribution in [3.63, 3.8) is 0 Å². The van der Waals surface area contributed by atoms with E-state index in [0.29, 0.717) is 16.4 Å². The summed E-state index contributed by atoms with van der Waals surface area (Å²) in [7, 11) is 0. The third kappa shape index (κ3) is 4.81. The maximum Gasteiger partial charge on any atom is 0.269 e. The fourth-order valence-electron chi connectivity index (χ4n) is 3.21. The van der Waals surface area contributed by atoms with Gasteiger partial charge in [0.25, 0.3) is 5.69 Å². The van der Waals surface area contributed by atoms with Gasteiger partial charge in [-0.1, -0.05) is 58.0 Å². The number of carbonyl (C=O) groups excluding carboxylic acids is 1. The molecule has 160 valence electrons. The van der Waals surface area contributed by atoms with Crippen molar-refractivity contribution in [2.24, 2.45) is 0 Å². The highest BCUT2D eigenvalue weighted by molar-refractivity contribution is 9.10. The fourth-order valence-corrected chi connectivity index (χ4v) is 4.36. The van der Waals surface area contributed by atoms with E-state index in [1.807, 2.05) is 54.1 Å². The van der Waals surface area contributed by atoms with Crippen LogP contribution in [-0.2, 0) is 0 Å². The molecule has 0 radical (unpaired) electrons. The quantitative estimate of drug-likeness (QED) is 0.123. The summed E-state index contributed by atoms with van der Waals surface area (Å²) >= 11 is 4.75. The van der Waals surface area contributed by atoms with E-state index in [0.717, 1.165) is 21.3 Å². The van der Waals surface area contributed by atoms with Gasteiger partial charge in [-0.2, -0.15) is 0 Å². The van der Waals surface area contributed by atoms with Gasteiger partial charge >= 0.3 is 0 Å². The lowest BCUT2D eigenvalue weighted by Crippen LogP contribution is -2.04. The highest BCUT2D eigenvalue weighted by Gasteiger charge is 2.16. The second kappa shape index (κ2) is 9.50. The molecule has 0 aliphatic rings. The first-order valence-corrected chi connectivity index (χ1v) is 11.5. The van der Waals surface area contributed by atoms with Crippen LogP contribution in [0.25, 0.3) is 16.9 Å². The van der Waals surface area contributed by atoms with Gasteiger partial charge in [-0.25, -0.2) is 4.98 Å². The van der Waals surface area contributed by atoms with Crippen LogP contribution in [0.3, 0.4) is 0 Å². The molecule has 0 atom stereocenters. The Balaban J connectivity index is 1.66. The van der Waals surface area contributed by atoms with Crippen LogP contribution in [0.4, 0.5) is 5.69 Å². The molecule has 0 saturated carbocycles. The monoisotopic (exact) mass is 507 g/mol. The van der Waals surface area contributed by atoms with Gasteiger partial charge in [0.1, 0.15) is 0 Å². The molecular formula is C24H18BrN3O3S. The van der Waals surface area contributed by atoms with Gasteiger partial charge in [0.05, 0.1) is 22.1 Å². The number of aryl methyl sites for hydroxylation is 1. The number of non-ortho nitro benzene ring substituents is 1. The molecule has 0 unspecified atom stereocenters. The standard InChI is InChI=1S/C24H18BrN3O3S/c1-16-4-2-3-5-22(16)27-14-21(17-8-12-20(13-9-17)28(30)31)26-24(27)32-15-23(29)18-6-10-19(25)11-7-18/h2-14H,15H2,1H3. The molecule has 6 nitrogen and oxygen atoms in total. The molecule has 0 N–H and O–H groups in total. The first kappa shape index (κ1) is 22.0. The van der Waals surface area contributed by atoms with E-state index in [1.165, 1.54) is 23.9 Å². The smallest absolute Gasteiger partial charge is 0.269 e. The number of halogens is 1. The summed E-state index contributed by atoms with van der Waals surface area (Å²) in [4.78, 5) is 28.0. The van der Waals surface area contributed by atoms with E-state index in [9.17, 15) is 14.9 Å². The van der Waals surface area contributed by atoms with Gasteiger partial charge in [-0.05, 0) is 42.8 Å². The van der Waals surface area contributed by atoms with Gasteiger partial charge < -0.3 is 0 Å². The summed E-state index contributed by atoms with van der Waals surface area (Å²) in [5.74, 6) is 0.253. The van der Waals surface area contributed by atoms with E-state index in [4.69, 9.17) is 4.98 Å². The number of hydrogen-bond donors (Lipinski definition) is 0. The van der Waals surface area contributed by atoms with Crippen molar-refractivity contribution in [1.82, 2.24) is 9.55 Å². The maximum absolute atomic E-state index is 12.7. The number of hydrogen-bond acceptors (Lipinski definition) is 5. The lowest BCUT2D eigenvalue weighted by Gasteiger charge is -2.10. The minimum Gasteiger partial charge on any atom is -0.294 e. The van der Waals surface area contributed by atoms with E-state index >= 15 is 0 Å². The molecule has 0 fully saturated rings. The van der Waals surface area contributed by atoms with Crippen LogP contribution < -0.4 is 0 Å². The molecular weight excluding hydrogens is 490 g/mol. The molecule has 0 aliphatic heterocycles. The SMILES string of the molecule is Cc1ccccc1-n1cc(-c2ccc([N+](=O)[O-])cc2)nc1SCC(=O)c1ccc(Br)cc1. The molecule has 0 bridgehead atoms. The number of thioether (sulfide) groups is 1. The number of carbonyl (C=O) groups is 1. The number of para-hydroxylation sites is 1. The third-order valence-corrected chi connectivity index (χ3v) is 6.40. The Morgan fingerprint density at radius 2 is 1.75 bits per heavy atom. The minimum absolute atomic E-state index is 0.0127. The summed E-state index contributed by atoms with van der Waals surface area (Å²) in [6.07, 6.45) is 1.90. The second-order valence-corrected chi connectivity index (χ2v) is 8.95. The normalized spacial score (nSPS) is 10.8. The molecule has 8 heteroatoms. The van der Waals surface area contributed by atoms with Gasteiger partial charge in [-0.15, -0.1) is 0 Å². The van der Waals surface area contributed by atoms with Gasteiger partial charge in [0.15, 0.2) is 10.9 Å². The summed E-state index contributed by atoms with van der Waals surface area (Å²) in [6.45, 7) is 2.02. The molecule has 0 spiro atoms. The Kier molecular flexibility index (Phi) is 6.53. The topological polar surface area (TPSA) is 78.0 Å². The fraction of sp³-hybridized carbons (Fsp3) is 0.0833. The first-order chi connectivity index (χ1) is 15.4. The van der Waals surface area contributed by atoms with E-state index in [-0.39, 0.29) is 17.2 Å². The lowest BCUT2D eigenvalue weighted by atomic mass is 10.1. The Morgan fingerprint density at radius 1 is 1.06 bits per heavy atom. The lowest BCUT2D eigenvalue weighted by molar-refractivity contribution is -0.384. The van der Waals surface area contributed by atoms with E-state index < -0.39 is 4.92 Å². The van der Waals surface area contributed by atoms with Crippen molar-refractivity contribution in [1.29, 1.82) is 0 Å². The van der Waals surface area contributed by atoms with Crippen LogP contribution in [0.15, 0.2) is 88.6 Å². The van der Waals surface area contributed by atoms with Crippen LogP contribution in [0.5, 0.6) is 0 Å². The molecule has 4 rings (SSSR count). The van der Waals surface area contributed by atoms with Gasteiger partial charge in [-0.3, -0.25) is 19.5 Å². The second-order valence-electron chi connectivity index (χ2n) is 7.09. The minimum atomic E-state index is -0.426. The molecule has 0 amide bonds. The number of nitrogens with zero attached hydrogens (tertiary/aromatic N) is 3. The average molecular weight is 508 g/mol. The molecule has 32 heavy (non-hydrogen) atoms. The maximum atomic E-state index is 12.7. The number of Topliss-reactive ketones (excluding diaryl/α,β-unsaturated/α-hetero) is 1. The Hall–Kier alpha value is -3.23. The van der Waals surface area contributed by atoms with Gasteiger partial charge in [0, 0.05) is 33.9 Å². The summed E-state index contributed by atoms with van der Waals surface area (Å²) in [5.41, 5.74) is 4.16. The zero-order valence-corrected chi connectivity index (χ0v) is 19.5. The van der Waals surface area contributed by atoms with Crippen LogP contribution in [0, 0.1) is 17.0 Å². The Morgan fingerprint density at radius 3 is 2.41 bits per heavy atom. The van der Waals surface area contributed by atoms with Crippen molar-refractivity contribution in [3.05, 3.63) is 105 Å². The van der Waals surface area contributed by atoms with E-state index in [1.54, 1.807) is 24.3 Å². The summed E-state index contributed by atoms with van der Waals surface area (Å²) < 4.78 is 2.88. The van der Waals surface area contributed by atoms with Crippen molar-refractivity contribution >= 4 is 39.2 Å². The number of aromatic nitrogens is 2. The van der Waals surface area contributed by atoms with Crippen molar-refractivity contribution < 1.29 is 9.72 Å². The summed E-state index contributed by atoms with van der Waals surface area (Å²) in [6, 6.07) is 21.5. The molecule has 1 heterocycles. The molecule has 1 aromatic heterocycles.